The number of aryl methyl sites for hydroxylation is 1. The molecule has 0 amide bonds. The molecule has 0 radical (unpaired) electrons. The molecule has 3 aromatic rings. The molecular weight excluding hydrogens is 388 g/mol. The Balaban J connectivity index is 1.46. The third-order valence-electron chi connectivity index (χ3n) is 6.19. The number of aromatic hydroxyl groups is 1. The van der Waals surface area contributed by atoms with Crippen molar-refractivity contribution in [3.8, 4) is 5.75 Å². The molecule has 164 valence electrons. The maximum atomic E-state index is 9.61. The SMILES string of the molecule is CCN1CCCC1CN(Cc1ccc(O)cc1)Cc1nnc(Cc2ccccc2C)o1. The lowest BCUT2D eigenvalue weighted by atomic mass is 10.1. The fourth-order valence-corrected chi connectivity index (χ4v) is 4.45. The van der Waals surface area contributed by atoms with Crippen molar-refractivity contribution in [2.24, 2.45) is 0 Å². The van der Waals surface area contributed by atoms with Crippen LogP contribution in [0.15, 0.2) is 52.9 Å². The van der Waals surface area contributed by atoms with Crippen LogP contribution in [-0.2, 0) is 19.5 Å². The quantitative estimate of drug-likeness (QED) is 0.561. The van der Waals surface area contributed by atoms with Gasteiger partial charge in [0, 0.05) is 19.1 Å². The van der Waals surface area contributed by atoms with Gasteiger partial charge >= 0.3 is 0 Å². The maximum Gasteiger partial charge on any atom is 0.230 e. The molecule has 6 heteroatoms. The van der Waals surface area contributed by atoms with E-state index in [0.29, 0.717) is 36.5 Å². The summed E-state index contributed by atoms with van der Waals surface area (Å²) < 4.78 is 6.03. The number of aromatic nitrogens is 2. The van der Waals surface area contributed by atoms with Crippen LogP contribution in [0.5, 0.6) is 5.75 Å². The number of benzene rings is 2. The van der Waals surface area contributed by atoms with Gasteiger partial charge in [-0.3, -0.25) is 9.80 Å². The van der Waals surface area contributed by atoms with Gasteiger partial charge in [-0.25, -0.2) is 0 Å². The van der Waals surface area contributed by atoms with Crippen LogP contribution in [0, 0.1) is 6.92 Å². The molecule has 6 nitrogen and oxygen atoms in total. The summed E-state index contributed by atoms with van der Waals surface area (Å²) in [5, 5.41) is 18.3. The Morgan fingerprint density at radius 2 is 1.84 bits per heavy atom. The van der Waals surface area contributed by atoms with Crippen LogP contribution in [0.3, 0.4) is 0 Å². The minimum Gasteiger partial charge on any atom is -0.508 e. The Bertz CT molecular complexity index is 970. The molecule has 1 N–H and O–H groups in total. The van der Waals surface area contributed by atoms with Gasteiger partial charge in [-0.05, 0) is 61.7 Å². The lowest BCUT2D eigenvalue weighted by molar-refractivity contribution is 0.155. The third kappa shape index (κ3) is 5.71. The monoisotopic (exact) mass is 420 g/mol. The summed E-state index contributed by atoms with van der Waals surface area (Å²) in [5.41, 5.74) is 3.61. The van der Waals surface area contributed by atoms with Gasteiger partial charge in [0.2, 0.25) is 11.8 Å². The highest BCUT2D eigenvalue weighted by Gasteiger charge is 2.26. The average molecular weight is 421 g/mol. The zero-order valence-electron chi connectivity index (χ0n) is 18.5. The number of likely N-dealkylation sites (tertiary alicyclic amines) is 1. The molecule has 1 aliphatic heterocycles. The number of hydrogen-bond donors (Lipinski definition) is 1. The second-order valence-electron chi connectivity index (χ2n) is 8.45. The molecule has 1 fully saturated rings. The summed E-state index contributed by atoms with van der Waals surface area (Å²) in [6.45, 7) is 8.96. The van der Waals surface area contributed by atoms with Gasteiger partial charge < -0.3 is 9.52 Å². The first-order valence-electron chi connectivity index (χ1n) is 11.2. The predicted molar refractivity (Wildman–Crippen MR) is 121 cm³/mol. The van der Waals surface area contributed by atoms with E-state index in [1.54, 1.807) is 12.1 Å². The Morgan fingerprint density at radius 3 is 2.61 bits per heavy atom. The molecule has 31 heavy (non-hydrogen) atoms. The number of phenolic OH excluding ortho intramolecular Hbond substituents is 1. The molecule has 2 heterocycles. The molecule has 4 rings (SSSR count). The molecule has 2 aromatic carbocycles. The number of rotatable bonds is 9. The molecule has 1 aromatic heterocycles. The second-order valence-corrected chi connectivity index (χ2v) is 8.45. The van der Waals surface area contributed by atoms with Crippen molar-refractivity contribution in [3.63, 3.8) is 0 Å². The van der Waals surface area contributed by atoms with Gasteiger partial charge in [0.25, 0.3) is 0 Å². The van der Waals surface area contributed by atoms with Crippen molar-refractivity contribution >= 4 is 0 Å². The molecule has 1 saturated heterocycles. The van der Waals surface area contributed by atoms with E-state index in [0.717, 1.165) is 19.6 Å². The fraction of sp³-hybridized carbons (Fsp3) is 0.440. The van der Waals surface area contributed by atoms with Crippen LogP contribution in [0.1, 0.15) is 48.2 Å². The summed E-state index contributed by atoms with van der Waals surface area (Å²) >= 11 is 0. The lowest BCUT2D eigenvalue weighted by Crippen LogP contribution is -2.39. The molecule has 1 atom stereocenters. The van der Waals surface area contributed by atoms with Crippen LogP contribution in [0.25, 0.3) is 0 Å². The standard InChI is InChI=1S/C25H32N4O2/c1-3-29-14-6-9-22(29)17-28(16-20-10-12-23(30)13-11-20)18-25-27-26-24(31-25)15-21-8-5-4-7-19(21)2/h4-5,7-8,10-13,22,30H,3,6,9,14-18H2,1-2H3. The van der Waals surface area contributed by atoms with Gasteiger partial charge in [-0.2, -0.15) is 0 Å². The smallest absolute Gasteiger partial charge is 0.230 e. The van der Waals surface area contributed by atoms with Crippen LogP contribution >= 0.6 is 0 Å². The topological polar surface area (TPSA) is 65.6 Å². The zero-order valence-corrected chi connectivity index (χ0v) is 18.5. The first-order chi connectivity index (χ1) is 15.1. The van der Waals surface area contributed by atoms with E-state index in [4.69, 9.17) is 4.42 Å². The number of hydrogen-bond acceptors (Lipinski definition) is 6. The predicted octanol–water partition coefficient (Wildman–Crippen LogP) is 4.16. The van der Waals surface area contributed by atoms with E-state index < -0.39 is 0 Å². The largest absolute Gasteiger partial charge is 0.508 e. The number of nitrogens with zero attached hydrogens (tertiary/aromatic N) is 4. The normalized spacial score (nSPS) is 16.9. The number of phenols is 1. The molecule has 0 aliphatic carbocycles. The second kappa shape index (κ2) is 10.1. The Kier molecular flexibility index (Phi) is 6.99. The van der Waals surface area contributed by atoms with Crippen molar-refractivity contribution in [2.75, 3.05) is 19.6 Å². The first-order valence-corrected chi connectivity index (χ1v) is 11.2. The average Bonchev–Trinajstić information content (AvgIpc) is 3.40. The van der Waals surface area contributed by atoms with Gasteiger partial charge in [0.15, 0.2) is 0 Å². The minimum absolute atomic E-state index is 0.293. The van der Waals surface area contributed by atoms with E-state index in [9.17, 15) is 5.11 Å². The molecule has 0 spiro atoms. The van der Waals surface area contributed by atoms with Gasteiger partial charge in [0.05, 0.1) is 13.0 Å². The third-order valence-corrected chi connectivity index (χ3v) is 6.19. The van der Waals surface area contributed by atoms with E-state index in [1.807, 2.05) is 24.3 Å². The minimum atomic E-state index is 0.293. The van der Waals surface area contributed by atoms with Crippen molar-refractivity contribution in [1.29, 1.82) is 0 Å². The summed E-state index contributed by atoms with van der Waals surface area (Å²) in [4.78, 5) is 4.94. The van der Waals surface area contributed by atoms with Crippen LogP contribution in [-0.4, -0.2) is 50.8 Å². The van der Waals surface area contributed by atoms with Gasteiger partial charge in [-0.1, -0.05) is 43.3 Å². The van der Waals surface area contributed by atoms with Gasteiger partial charge in [-0.15, -0.1) is 10.2 Å². The van der Waals surface area contributed by atoms with Crippen molar-refractivity contribution in [2.45, 2.75) is 52.2 Å². The molecular formula is C25H32N4O2. The van der Waals surface area contributed by atoms with Crippen molar-refractivity contribution < 1.29 is 9.52 Å². The summed E-state index contributed by atoms with van der Waals surface area (Å²) in [7, 11) is 0. The Morgan fingerprint density at radius 1 is 1.06 bits per heavy atom. The fourth-order valence-electron chi connectivity index (χ4n) is 4.45. The van der Waals surface area contributed by atoms with E-state index in [-0.39, 0.29) is 0 Å². The van der Waals surface area contributed by atoms with Crippen LogP contribution in [0.4, 0.5) is 0 Å². The highest BCUT2D eigenvalue weighted by atomic mass is 16.4. The summed E-state index contributed by atoms with van der Waals surface area (Å²) in [6, 6.07) is 16.3. The maximum absolute atomic E-state index is 9.61. The summed E-state index contributed by atoms with van der Waals surface area (Å²) in [6.07, 6.45) is 3.14. The van der Waals surface area contributed by atoms with Crippen LogP contribution in [0.2, 0.25) is 0 Å². The molecule has 1 aliphatic rings. The lowest BCUT2D eigenvalue weighted by Gasteiger charge is -2.29. The van der Waals surface area contributed by atoms with E-state index >= 15 is 0 Å². The Labute approximate surface area is 184 Å². The van der Waals surface area contributed by atoms with Crippen molar-refractivity contribution in [1.82, 2.24) is 20.0 Å². The molecule has 0 saturated carbocycles. The number of likely N-dealkylation sites (N-methyl/N-ethyl adjacent to an activating group) is 1. The van der Waals surface area contributed by atoms with E-state index in [1.165, 1.54) is 36.1 Å². The van der Waals surface area contributed by atoms with Gasteiger partial charge in [0.1, 0.15) is 5.75 Å². The highest BCUT2D eigenvalue weighted by Crippen LogP contribution is 2.21. The zero-order chi connectivity index (χ0) is 21.6. The van der Waals surface area contributed by atoms with E-state index in [2.05, 4.69) is 46.0 Å². The Hall–Kier alpha value is -2.70. The molecule has 0 bridgehead atoms. The van der Waals surface area contributed by atoms with Crippen molar-refractivity contribution in [3.05, 3.63) is 77.0 Å². The molecule has 1 unspecified atom stereocenters. The van der Waals surface area contributed by atoms with Crippen LogP contribution < -0.4 is 0 Å². The highest BCUT2D eigenvalue weighted by molar-refractivity contribution is 5.28. The first kappa shape index (κ1) is 21.5. The summed E-state index contributed by atoms with van der Waals surface area (Å²) in [5.74, 6) is 1.61.